The Hall–Kier alpha value is -1.35. The molecular formula is C11H14N2O. The van der Waals surface area contributed by atoms with Crippen molar-refractivity contribution in [1.82, 2.24) is 0 Å². The highest BCUT2D eigenvalue weighted by Crippen LogP contribution is 2.27. The Bertz CT molecular complexity index is 391. The summed E-state index contributed by atoms with van der Waals surface area (Å²) in [7, 11) is 0. The number of amides is 1. The average molecular weight is 190 g/mol. The predicted octanol–water partition coefficient (Wildman–Crippen LogP) is 1.38. The van der Waals surface area contributed by atoms with Crippen molar-refractivity contribution in [2.75, 3.05) is 5.32 Å². The number of carbonyl (C=O) groups is 1. The number of fused-ring (bicyclic) bond motifs is 1. The van der Waals surface area contributed by atoms with Gasteiger partial charge in [-0.25, -0.2) is 0 Å². The van der Waals surface area contributed by atoms with Crippen molar-refractivity contribution in [3.63, 3.8) is 0 Å². The second kappa shape index (κ2) is 2.82. The predicted molar refractivity (Wildman–Crippen MR) is 56.0 cm³/mol. The van der Waals surface area contributed by atoms with Crippen molar-refractivity contribution in [2.24, 2.45) is 5.73 Å². The van der Waals surface area contributed by atoms with E-state index in [1.807, 2.05) is 32.0 Å². The average Bonchev–Trinajstić information content (AvgIpc) is 2.41. The fourth-order valence-electron chi connectivity index (χ4n) is 1.63. The van der Waals surface area contributed by atoms with Gasteiger partial charge in [-0.15, -0.1) is 0 Å². The molecule has 0 spiro atoms. The first-order valence-corrected chi connectivity index (χ1v) is 4.69. The van der Waals surface area contributed by atoms with Crippen LogP contribution in [0.1, 0.15) is 25.0 Å². The molecule has 0 fully saturated rings. The zero-order valence-corrected chi connectivity index (χ0v) is 8.42. The van der Waals surface area contributed by atoms with E-state index >= 15 is 0 Å². The molecule has 0 aromatic heterocycles. The normalized spacial score (nSPS) is 15.2. The molecule has 0 atom stereocenters. The fourth-order valence-corrected chi connectivity index (χ4v) is 1.63. The number of hydrogen-bond donors (Lipinski definition) is 2. The number of carbonyl (C=O) groups excluding carboxylic acids is 1. The van der Waals surface area contributed by atoms with Crippen LogP contribution in [0.2, 0.25) is 0 Å². The van der Waals surface area contributed by atoms with Crippen molar-refractivity contribution in [3.8, 4) is 0 Å². The highest BCUT2D eigenvalue weighted by molar-refractivity contribution is 5.99. The van der Waals surface area contributed by atoms with E-state index in [4.69, 9.17) is 5.73 Å². The molecule has 0 radical (unpaired) electrons. The summed E-state index contributed by atoms with van der Waals surface area (Å²) in [5, 5.41) is 2.80. The van der Waals surface area contributed by atoms with E-state index in [9.17, 15) is 4.79 Å². The lowest BCUT2D eigenvalue weighted by molar-refractivity contribution is -0.115. The van der Waals surface area contributed by atoms with E-state index in [0.717, 1.165) is 16.8 Å². The number of anilines is 1. The van der Waals surface area contributed by atoms with Gasteiger partial charge in [0.25, 0.3) is 0 Å². The first-order chi connectivity index (χ1) is 6.47. The number of hydrogen-bond acceptors (Lipinski definition) is 2. The van der Waals surface area contributed by atoms with Crippen LogP contribution in [0.5, 0.6) is 0 Å². The third-order valence-electron chi connectivity index (χ3n) is 2.47. The first kappa shape index (κ1) is 9.21. The van der Waals surface area contributed by atoms with Gasteiger partial charge in [-0.3, -0.25) is 4.79 Å². The molecule has 0 saturated carbocycles. The van der Waals surface area contributed by atoms with E-state index in [2.05, 4.69) is 5.32 Å². The van der Waals surface area contributed by atoms with Crippen LogP contribution in [0.25, 0.3) is 0 Å². The lowest BCUT2D eigenvalue weighted by Gasteiger charge is -2.19. The van der Waals surface area contributed by atoms with Crippen LogP contribution < -0.4 is 11.1 Å². The van der Waals surface area contributed by atoms with Gasteiger partial charge in [-0.2, -0.15) is 0 Å². The maximum atomic E-state index is 11.1. The van der Waals surface area contributed by atoms with Crippen molar-refractivity contribution < 1.29 is 4.79 Å². The minimum Gasteiger partial charge on any atom is -0.326 e. The maximum Gasteiger partial charge on any atom is 0.228 e. The smallest absolute Gasteiger partial charge is 0.228 e. The molecule has 3 nitrogen and oxygen atoms in total. The number of nitrogens with two attached hydrogens (primary N) is 1. The molecule has 1 aromatic carbocycles. The minimum atomic E-state index is -0.347. The topological polar surface area (TPSA) is 55.1 Å². The molecule has 1 aliphatic heterocycles. The Morgan fingerprint density at radius 2 is 2.14 bits per heavy atom. The number of nitrogens with one attached hydrogen (secondary N) is 1. The molecule has 3 heteroatoms. The van der Waals surface area contributed by atoms with Gasteiger partial charge in [0.15, 0.2) is 0 Å². The molecule has 74 valence electrons. The third kappa shape index (κ3) is 1.51. The van der Waals surface area contributed by atoms with Gasteiger partial charge in [0.2, 0.25) is 5.91 Å². The van der Waals surface area contributed by atoms with E-state index < -0.39 is 0 Å². The van der Waals surface area contributed by atoms with Gasteiger partial charge in [0.1, 0.15) is 0 Å². The second-order valence-electron chi connectivity index (χ2n) is 4.32. The Morgan fingerprint density at radius 1 is 1.43 bits per heavy atom. The molecule has 2 rings (SSSR count). The summed E-state index contributed by atoms with van der Waals surface area (Å²) >= 11 is 0. The summed E-state index contributed by atoms with van der Waals surface area (Å²) < 4.78 is 0. The van der Waals surface area contributed by atoms with E-state index in [1.165, 1.54) is 0 Å². The molecule has 1 heterocycles. The van der Waals surface area contributed by atoms with Gasteiger partial charge in [-0.1, -0.05) is 12.1 Å². The Kier molecular flexibility index (Phi) is 1.86. The van der Waals surface area contributed by atoms with E-state index in [0.29, 0.717) is 6.42 Å². The van der Waals surface area contributed by atoms with Gasteiger partial charge < -0.3 is 11.1 Å². The van der Waals surface area contributed by atoms with Gasteiger partial charge in [0, 0.05) is 11.2 Å². The first-order valence-electron chi connectivity index (χ1n) is 4.69. The van der Waals surface area contributed by atoms with Crippen LogP contribution in [0.4, 0.5) is 5.69 Å². The van der Waals surface area contributed by atoms with Crippen LogP contribution >= 0.6 is 0 Å². The summed E-state index contributed by atoms with van der Waals surface area (Å²) in [5.74, 6) is 0.0620. The zero-order chi connectivity index (χ0) is 10.3. The molecule has 0 bridgehead atoms. The molecular weight excluding hydrogens is 176 g/mol. The van der Waals surface area contributed by atoms with Crippen LogP contribution in [0.3, 0.4) is 0 Å². The molecule has 1 aromatic rings. The lowest BCUT2D eigenvalue weighted by atomic mass is 9.93. The van der Waals surface area contributed by atoms with Crippen molar-refractivity contribution in [3.05, 3.63) is 29.3 Å². The largest absolute Gasteiger partial charge is 0.326 e. The molecule has 0 saturated heterocycles. The van der Waals surface area contributed by atoms with Crippen molar-refractivity contribution >= 4 is 11.6 Å². The molecule has 0 unspecified atom stereocenters. The van der Waals surface area contributed by atoms with Crippen LogP contribution in [0, 0.1) is 0 Å². The summed E-state index contributed by atoms with van der Waals surface area (Å²) in [5.41, 5.74) is 8.66. The van der Waals surface area contributed by atoms with E-state index in [1.54, 1.807) is 0 Å². The van der Waals surface area contributed by atoms with Gasteiger partial charge in [-0.05, 0) is 31.0 Å². The Labute approximate surface area is 83.3 Å². The third-order valence-corrected chi connectivity index (χ3v) is 2.47. The molecule has 14 heavy (non-hydrogen) atoms. The van der Waals surface area contributed by atoms with Crippen molar-refractivity contribution in [2.45, 2.75) is 25.8 Å². The molecule has 1 aliphatic rings. The van der Waals surface area contributed by atoms with Crippen LogP contribution in [-0.4, -0.2) is 5.91 Å². The molecule has 3 N–H and O–H groups in total. The monoisotopic (exact) mass is 190 g/mol. The fraction of sp³-hybridized carbons (Fsp3) is 0.364. The summed E-state index contributed by atoms with van der Waals surface area (Å²) in [6, 6.07) is 5.89. The van der Waals surface area contributed by atoms with Gasteiger partial charge in [0.05, 0.1) is 6.42 Å². The Morgan fingerprint density at radius 3 is 2.79 bits per heavy atom. The quantitative estimate of drug-likeness (QED) is 0.702. The second-order valence-corrected chi connectivity index (χ2v) is 4.32. The lowest BCUT2D eigenvalue weighted by Crippen LogP contribution is -2.28. The zero-order valence-electron chi connectivity index (χ0n) is 8.42. The highest BCUT2D eigenvalue weighted by Gasteiger charge is 2.21. The summed E-state index contributed by atoms with van der Waals surface area (Å²) in [6.45, 7) is 3.91. The van der Waals surface area contributed by atoms with Crippen molar-refractivity contribution in [1.29, 1.82) is 0 Å². The standard InChI is InChI=1S/C11H14N2O/c1-11(2,12)8-3-4-9-7(5-8)6-10(14)13-9/h3-5H,6,12H2,1-2H3,(H,13,14). The SMILES string of the molecule is CC(C)(N)c1ccc2c(c1)CC(=O)N2. The maximum absolute atomic E-state index is 11.1. The number of benzene rings is 1. The van der Waals surface area contributed by atoms with Gasteiger partial charge >= 0.3 is 0 Å². The minimum absolute atomic E-state index is 0.0620. The highest BCUT2D eigenvalue weighted by atomic mass is 16.1. The molecule has 0 aliphatic carbocycles. The summed E-state index contributed by atoms with van der Waals surface area (Å²) in [4.78, 5) is 11.1. The van der Waals surface area contributed by atoms with E-state index in [-0.39, 0.29) is 11.4 Å². The Balaban J connectivity index is 2.43. The summed E-state index contributed by atoms with van der Waals surface area (Å²) in [6.07, 6.45) is 0.471. The number of rotatable bonds is 1. The molecule has 1 amide bonds. The van der Waals surface area contributed by atoms with Crippen LogP contribution in [0.15, 0.2) is 18.2 Å². The van der Waals surface area contributed by atoms with Crippen LogP contribution in [-0.2, 0) is 16.8 Å².